The first-order valence-electron chi connectivity index (χ1n) is 10.8. The van der Waals surface area contributed by atoms with Gasteiger partial charge in [0.05, 0.1) is 23.3 Å². The highest BCUT2D eigenvalue weighted by atomic mass is 35.5. The Morgan fingerprint density at radius 1 is 1.16 bits per heavy atom. The van der Waals surface area contributed by atoms with Crippen molar-refractivity contribution in [1.82, 2.24) is 29.5 Å². The molecule has 0 spiro atoms. The van der Waals surface area contributed by atoms with Gasteiger partial charge in [0.1, 0.15) is 18.0 Å². The number of fused-ring (bicyclic) bond motifs is 2. The predicted octanol–water partition coefficient (Wildman–Crippen LogP) is 4.80. The molecule has 5 aromatic rings. The standard InChI is InChI=1S/C21H18ClFN8.C2HF3O2/c1-30(2)21-28-19(24-10-17-26-15-7-6-12(22)8-16(15)27-17)18-20(29-21)31(11-25-18)14-5-3-4-13(23)9-14;3-2(4,5)1(6)7/h3-9,11H,10H2,1-2H3,(H,26,27)(H,24,28,29);(H,6,7). The van der Waals surface area contributed by atoms with Gasteiger partial charge in [0.25, 0.3) is 0 Å². The van der Waals surface area contributed by atoms with E-state index in [9.17, 15) is 17.6 Å². The minimum absolute atomic E-state index is 0.329. The van der Waals surface area contributed by atoms with Crippen LogP contribution in [0.1, 0.15) is 5.82 Å². The Bertz CT molecular complexity index is 1620. The molecule has 0 radical (unpaired) electrons. The lowest BCUT2D eigenvalue weighted by Crippen LogP contribution is -2.21. The van der Waals surface area contributed by atoms with Crippen LogP contribution in [0.2, 0.25) is 5.02 Å². The number of anilines is 2. The molecule has 0 atom stereocenters. The lowest BCUT2D eigenvalue weighted by atomic mass is 10.3. The molecule has 3 aromatic heterocycles. The fraction of sp³-hybridized carbons (Fsp3) is 0.174. The Morgan fingerprint density at radius 2 is 1.89 bits per heavy atom. The van der Waals surface area contributed by atoms with E-state index in [1.165, 1.54) is 12.1 Å². The van der Waals surface area contributed by atoms with Crippen molar-refractivity contribution in [2.24, 2.45) is 0 Å². The highest BCUT2D eigenvalue weighted by Gasteiger charge is 2.38. The van der Waals surface area contributed by atoms with Gasteiger partial charge in [0.15, 0.2) is 17.0 Å². The van der Waals surface area contributed by atoms with Crippen LogP contribution in [0.4, 0.5) is 29.3 Å². The van der Waals surface area contributed by atoms with E-state index in [-0.39, 0.29) is 5.82 Å². The Kier molecular flexibility index (Phi) is 7.35. The molecule has 0 saturated carbocycles. The van der Waals surface area contributed by atoms with Gasteiger partial charge in [0, 0.05) is 19.1 Å². The lowest BCUT2D eigenvalue weighted by molar-refractivity contribution is -0.192. The summed E-state index contributed by atoms with van der Waals surface area (Å²) in [6.45, 7) is 0.401. The summed E-state index contributed by atoms with van der Waals surface area (Å²) in [6, 6.07) is 11.8. The lowest BCUT2D eigenvalue weighted by Gasteiger charge is -2.13. The number of carboxylic acids is 1. The largest absolute Gasteiger partial charge is 0.490 e. The SMILES string of the molecule is CN(C)c1nc(NCc2nc3ccc(Cl)cc3[nH]2)c2ncn(-c3cccc(F)c3)c2n1.O=C(O)C(F)(F)F. The van der Waals surface area contributed by atoms with E-state index >= 15 is 0 Å². The quantitative estimate of drug-likeness (QED) is 0.267. The number of nitrogens with one attached hydrogen (secondary N) is 2. The third kappa shape index (κ3) is 5.91. The van der Waals surface area contributed by atoms with Crippen molar-refractivity contribution in [2.75, 3.05) is 24.3 Å². The van der Waals surface area contributed by atoms with Crippen LogP contribution in [0.15, 0.2) is 48.8 Å². The number of carboxylic acid groups (broad SMARTS) is 1. The summed E-state index contributed by atoms with van der Waals surface area (Å²) in [7, 11) is 3.72. The van der Waals surface area contributed by atoms with Gasteiger partial charge in [-0.1, -0.05) is 17.7 Å². The predicted molar refractivity (Wildman–Crippen MR) is 133 cm³/mol. The van der Waals surface area contributed by atoms with Gasteiger partial charge in [-0.25, -0.2) is 19.2 Å². The van der Waals surface area contributed by atoms with E-state index in [0.29, 0.717) is 40.2 Å². The van der Waals surface area contributed by atoms with Crippen LogP contribution >= 0.6 is 11.6 Å². The van der Waals surface area contributed by atoms with E-state index in [2.05, 4.69) is 30.2 Å². The first-order chi connectivity index (χ1) is 17.9. The molecular weight excluding hydrogens is 532 g/mol. The molecule has 0 unspecified atom stereocenters. The summed E-state index contributed by atoms with van der Waals surface area (Å²) < 4.78 is 47.2. The van der Waals surface area contributed by atoms with Crippen LogP contribution in [-0.2, 0) is 11.3 Å². The number of benzene rings is 2. The average Bonchev–Trinajstić information content (AvgIpc) is 3.45. The molecular formula is C23H19ClF4N8O2. The first-order valence-corrected chi connectivity index (χ1v) is 11.2. The fourth-order valence-corrected chi connectivity index (χ4v) is 3.48. The van der Waals surface area contributed by atoms with Gasteiger partial charge in [0.2, 0.25) is 5.95 Å². The maximum absolute atomic E-state index is 13.8. The normalized spacial score (nSPS) is 11.3. The molecule has 0 fully saturated rings. The number of hydrogen-bond donors (Lipinski definition) is 3. The maximum Gasteiger partial charge on any atom is 0.490 e. The second-order valence-electron chi connectivity index (χ2n) is 8.03. The van der Waals surface area contributed by atoms with E-state index in [1.54, 1.807) is 34.0 Å². The number of imidazole rings is 2. The van der Waals surface area contributed by atoms with Crippen LogP contribution in [0.3, 0.4) is 0 Å². The third-order valence-corrected chi connectivity index (χ3v) is 5.26. The summed E-state index contributed by atoms with van der Waals surface area (Å²) in [6.07, 6.45) is -3.47. The minimum Gasteiger partial charge on any atom is -0.475 e. The van der Waals surface area contributed by atoms with Crippen molar-refractivity contribution in [3.8, 4) is 5.69 Å². The highest BCUT2D eigenvalue weighted by molar-refractivity contribution is 6.31. The molecule has 15 heteroatoms. The molecule has 0 amide bonds. The van der Waals surface area contributed by atoms with Crippen molar-refractivity contribution >= 4 is 51.5 Å². The molecule has 0 saturated heterocycles. The van der Waals surface area contributed by atoms with Crippen molar-refractivity contribution in [3.63, 3.8) is 0 Å². The average molecular weight is 551 g/mol. The molecule has 0 aliphatic heterocycles. The first kappa shape index (κ1) is 26.6. The summed E-state index contributed by atoms with van der Waals surface area (Å²) in [5, 5.41) is 11.1. The van der Waals surface area contributed by atoms with E-state index in [0.717, 1.165) is 16.9 Å². The van der Waals surface area contributed by atoms with Gasteiger partial charge in [-0.15, -0.1) is 0 Å². The monoisotopic (exact) mass is 550 g/mol. The molecule has 3 N–H and O–H groups in total. The van der Waals surface area contributed by atoms with Gasteiger partial charge in [-0.3, -0.25) is 4.57 Å². The number of aliphatic carboxylic acids is 1. The Morgan fingerprint density at radius 3 is 2.55 bits per heavy atom. The van der Waals surface area contributed by atoms with Crippen molar-refractivity contribution in [3.05, 3.63) is 65.5 Å². The van der Waals surface area contributed by atoms with Gasteiger partial charge in [-0.2, -0.15) is 23.1 Å². The summed E-state index contributed by atoms with van der Waals surface area (Å²) >= 11 is 6.06. The van der Waals surface area contributed by atoms with Crippen molar-refractivity contribution in [2.45, 2.75) is 12.7 Å². The maximum atomic E-state index is 13.8. The molecule has 0 bridgehead atoms. The summed E-state index contributed by atoms with van der Waals surface area (Å²) in [5.41, 5.74) is 3.48. The summed E-state index contributed by atoms with van der Waals surface area (Å²) in [5.74, 6) is -1.29. The topological polar surface area (TPSA) is 125 Å². The number of halogens is 5. The van der Waals surface area contributed by atoms with E-state index in [1.807, 2.05) is 26.2 Å². The zero-order chi connectivity index (χ0) is 27.6. The number of H-pyrrole nitrogens is 1. The molecule has 0 aliphatic rings. The fourth-order valence-electron chi connectivity index (χ4n) is 3.31. The number of alkyl halides is 3. The number of hydrogen-bond acceptors (Lipinski definition) is 7. The van der Waals surface area contributed by atoms with Crippen LogP contribution < -0.4 is 10.2 Å². The van der Waals surface area contributed by atoms with E-state index < -0.39 is 12.1 Å². The smallest absolute Gasteiger partial charge is 0.475 e. The molecule has 198 valence electrons. The molecule has 10 nitrogen and oxygen atoms in total. The third-order valence-electron chi connectivity index (χ3n) is 5.03. The molecule has 0 aliphatic carbocycles. The number of carbonyl (C=O) groups is 1. The number of nitrogens with zero attached hydrogens (tertiary/aromatic N) is 6. The van der Waals surface area contributed by atoms with Gasteiger partial charge < -0.3 is 20.3 Å². The van der Waals surface area contributed by atoms with Crippen LogP contribution in [0.25, 0.3) is 27.9 Å². The number of rotatable bonds is 5. The van der Waals surface area contributed by atoms with Gasteiger partial charge >= 0.3 is 12.1 Å². The van der Waals surface area contributed by atoms with Crippen LogP contribution in [-0.4, -0.2) is 60.8 Å². The Labute approximate surface area is 216 Å². The second kappa shape index (κ2) is 10.5. The molecule has 2 aromatic carbocycles. The number of aromatic nitrogens is 6. The van der Waals surface area contributed by atoms with Crippen molar-refractivity contribution in [1.29, 1.82) is 0 Å². The van der Waals surface area contributed by atoms with Gasteiger partial charge in [-0.05, 0) is 36.4 Å². The zero-order valence-electron chi connectivity index (χ0n) is 19.8. The zero-order valence-corrected chi connectivity index (χ0v) is 20.5. The molecule has 3 heterocycles. The number of aromatic amines is 1. The molecule has 5 rings (SSSR count). The minimum atomic E-state index is -5.08. The molecule has 38 heavy (non-hydrogen) atoms. The Balaban J connectivity index is 0.000000426. The Hall–Kier alpha value is -4.46. The van der Waals surface area contributed by atoms with Crippen molar-refractivity contribution < 1.29 is 27.5 Å². The highest BCUT2D eigenvalue weighted by Crippen LogP contribution is 2.25. The van der Waals surface area contributed by atoms with Crippen LogP contribution in [0, 0.1) is 5.82 Å². The summed E-state index contributed by atoms with van der Waals surface area (Å²) in [4.78, 5) is 32.2. The second-order valence-corrected chi connectivity index (χ2v) is 8.47. The van der Waals surface area contributed by atoms with E-state index in [4.69, 9.17) is 21.5 Å². The van der Waals surface area contributed by atoms with Crippen LogP contribution in [0.5, 0.6) is 0 Å².